The van der Waals surface area contributed by atoms with Crippen LogP contribution in [0.15, 0.2) is 67.1 Å². The minimum absolute atomic E-state index is 0.571. The van der Waals surface area contributed by atoms with Crippen LogP contribution in [-0.4, -0.2) is 41.2 Å². The second-order valence-corrected chi connectivity index (χ2v) is 12.9. The van der Waals surface area contributed by atoms with Crippen molar-refractivity contribution >= 4 is 28.2 Å². The minimum Gasteiger partial charge on any atom is -0.296 e. The first-order valence-corrected chi connectivity index (χ1v) is 15.2. The number of hydrogen-bond acceptors (Lipinski definition) is 3. The summed E-state index contributed by atoms with van der Waals surface area (Å²) in [4.78, 5) is 11.9. The second-order valence-electron chi connectivity index (χ2n) is 9.08. The molecule has 0 bridgehead atoms. The van der Waals surface area contributed by atoms with Crippen molar-refractivity contribution in [2.24, 2.45) is 5.41 Å². The van der Waals surface area contributed by atoms with Crippen molar-refractivity contribution in [2.45, 2.75) is 19.4 Å². The van der Waals surface area contributed by atoms with Crippen LogP contribution in [-0.2, 0) is 6.54 Å². The predicted molar refractivity (Wildman–Crippen MR) is 133 cm³/mol. The van der Waals surface area contributed by atoms with E-state index in [1.807, 2.05) is 12.4 Å². The molecule has 0 saturated carbocycles. The molecule has 6 rings (SSSR count). The Morgan fingerprint density at radius 3 is 2.28 bits per heavy atom. The molecule has 1 spiro atoms. The fraction of sp³-hybridized carbons (Fsp3) is 0.308. The van der Waals surface area contributed by atoms with Gasteiger partial charge in [0.2, 0.25) is 0 Å². The van der Waals surface area contributed by atoms with Crippen molar-refractivity contribution in [3.8, 4) is 22.5 Å². The van der Waals surface area contributed by atoms with Crippen LogP contribution in [0.3, 0.4) is 0 Å². The summed E-state index contributed by atoms with van der Waals surface area (Å²) in [6, 6.07) is 17.5. The fourth-order valence-corrected chi connectivity index (χ4v) is 8.68. The van der Waals surface area contributed by atoms with Gasteiger partial charge in [0.25, 0.3) is 0 Å². The number of alkyl halides is 2. The van der Waals surface area contributed by atoms with Gasteiger partial charge in [-0.25, -0.2) is 4.98 Å². The molecule has 2 aliphatic heterocycles. The van der Waals surface area contributed by atoms with E-state index < -0.39 is 0 Å². The van der Waals surface area contributed by atoms with Crippen LogP contribution < -0.4 is 21.2 Å². The van der Waals surface area contributed by atoms with Crippen LogP contribution >= 0.6 is 22.6 Å². The van der Waals surface area contributed by atoms with Crippen molar-refractivity contribution in [2.75, 3.05) is 21.9 Å². The van der Waals surface area contributed by atoms with Gasteiger partial charge in [0.05, 0.1) is 18.1 Å². The summed E-state index contributed by atoms with van der Waals surface area (Å²) in [6.45, 7) is 3.60. The third kappa shape index (κ3) is 4.09. The van der Waals surface area contributed by atoms with Gasteiger partial charge in [-0.2, -0.15) is 0 Å². The number of imidazole rings is 1. The minimum atomic E-state index is 0.571. The number of fused-ring (bicyclic) bond motifs is 1. The summed E-state index contributed by atoms with van der Waals surface area (Å²) in [7, 11) is 0. The van der Waals surface area contributed by atoms with E-state index in [4.69, 9.17) is 0 Å². The number of hydrogen-bond donors (Lipinski definition) is 0. The number of rotatable bonds is 4. The zero-order chi connectivity index (χ0) is 21.5. The quantitative estimate of drug-likeness (QED) is 0.252. The number of piperidine rings is 1. The van der Waals surface area contributed by atoms with Crippen molar-refractivity contribution in [3.63, 3.8) is 0 Å². The molecule has 2 aromatic heterocycles. The smallest absolute Gasteiger partial charge is 0.296 e. The Kier molecular flexibility index (Phi) is 5.71. The Hall–Kier alpha value is -1.52. The van der Waals surface area contributed by atoms with E-state index >= 15 is 0 Å². The van der Waals surface area contributed by atoms with E-state index in [0.717, 1.165) is 40.1 Å². The molecule has 6 heteroatoms. The summed E-state index contributed by atoms with van der Waals surface area (Å²) < 4.78 is 6.53. The van der Waals surface area contributed by atoms with E-state index in [2.05, 4.69) is 96.6 Å². The average Bonchev–Trinajstić information content (AvgIpc) is 3.23. The third-order valence-corrected chi connectivity index (χ3v) is 11.9. The maximum absolute atomic E-state index is 4.68. The number of benzene rings is 2. The van der Waals surface area contributed by atoms with Crippen molar-refractivity contribution < 1.29 is 21.2 Å². The molecule has 2 saturated heterocycles. The van der Waals surface area contributed by atoms with Gasteiger partial charge in [0.1, 0.15) is 0 Å². The molecule has 0 amide bonds. The Morgan fingerprint density at radius 2 is 1.59 bits per heavy atom. The molecule has 0 N–H and O–H groups in total. The first-order chi connectivity index (χ1) is 15.7. The van der Waals surface area contributed by atoms with Crippen LogP contribution in [0.2, 0.25) is 0 Å². The van der Waals surface area contributed by atoms with Crippen LogP contribution in [0.5, 0.6) is 0 Å². The van der Waals surface area contributed by atoms with Gasteiger partial charge in [-0.3, -0.25) is 4.40 Å². The topological polar surface area (TPSA) is 33.4 Å². The second kappa shape index (κ2) is 8.68. The van der Waals surface area contributed by atoms with E-state index in [1.54, 1.807) is 8.86 Å². The molecule has 0 atom stereocenters. The molecule has 2 fully saturated rings. The van der Waals surface area contributed by atoms with Crippen molar-refractivity contribution in [3.05, 3.63) is 76.3 Å². The number of aromatic nitrogens is 3. The molecule has 164 valence electrons. The van der Waals surface area contributed by atoms with E-state index in [0.29, 0.717) is 21.2 Å². The Balaban J connectivity index is 1.20. The molecule has 4 nitrogen and oxygen atoms in total. The van der Waals surface area contributed by atoms with Crippen molar-refractivity contribution in [1.29, 1.82) is 0 Å². The first kappa shape index (κ1) is 21.0. The molecule has 32 heavy (non-hydrogen) atoms. The van der Waals surface area contributed by atoms with Gasteiger partial charge in [-0.05, 0) is 34.7 Å². The van der Waals surface area contributed by atoms with Gasteiger partial charge in [-0.15, -0.1) is 0 Å². The molecule has 2 aromatic carbocycles. The van der Waals surface area contributed by atoms with Crippen LogP contribution in [0, 0.1) is 8.99 Å². The fourth-order valence-electron chi connectivity index (χ4n) is 4.73. The summed E-state index contributed by atoms with van der Waals surface area (Å²) in [5.41, 5.74) is 7.41. The Bertz CT molecular complexity index is 1230. The summed E-state index contributed by atoms with van der Waals surface area (Å²) >= 11 is 2.91. The maximum atomic E-state index is 4.68. The summed E-state index contributed by atoms with van der Waals surface area (Å²) in [5.74, 6) is 0. The molecule has 0 radical (unpaired) electrons. The van der Waals surface area contributed by atoms with Gasteiger partial charge in [-0.1, -0.05) is 12.1 Å². The first-order valence-electron chi connectivity index (χ1n) is 11.1. The zero-order valence-electron chi connectivity index (χ0n) is 17.8. The Morgan fingerprint density at radius 1 is 0.875 bits per heavy atom. The monoisotopic (exact) mass is 647 g/mol. The SMILES string of the molecule is Ic1ccc(-c2cnc3cnc(-c4ccc(CN5CCC6(CC5)C[I-]C6)cc4)cn23)cc1. The zero-order valence-corrected chi connectivity index (χ0v) is 22.2. The number of halogens is 2. The van der Waals surface area contributed by atoms with Crippen LogP contribution in [0.25, 0.3) is 28.2 Å². The molecule has 0 unspecified atom stereocenters. The molecule has 2 aliphatic rings. The predicted octanol–water partition coefficient (Wildman–Crippen LogP) is 2.35. The average molecular weight is 647 g/mol. The van der Waals surface area contributed by atoms with Gasteiger partial charge >= 0.3 is 125 Å². The van der Waals surface area contributed by atoms with E-state index in [-0.39, 0.29) is 0 Å². The molecular formula is C26H25I2N4-. The van der Waals surface area contributed by atoms with Crippen LogP contribution in [0.1, 0.15) is 18.4 Å². The summed E-state index contributed by atoms with van der Waals surface area (Å²) in [5, 5.41) is 0. The standard InChI is InChI=1S/C26H25I2N4/c27-22-7-5-21(6-8-22)24-13-30-25-14-29-23(16-32(24)25)20-3-1-19(2-4-20)15-31-11-9-26(10-12-31)17-28-18-26/h1-8,13-14,16H,9-12,15,17-18H2/q-1. The Labute approximate surface area is 212 Å². The van der Waals surface area contributed by atoms with Crippen molar-refractivity contribution in [1.82, 2.24) is 19.3 Å². The van der Waals surface area contributed by atoms with E-state index in [1.165, 1.54) is 35.1 Å². The summed E-state index contributed by atoms with van der Waals surface area (Å²) in [6.07, 6.45) is 8.74. The molecule has 4 heterocycles. The third-order valence-electron chi connectivity index (χ3n) is 6.86. The normalized spacial score (nSPS) is 18.4. The van der Waals surface area contributed by atoms with Crippen LogP contribution in [0.4, 0.5) is 0 Å². The van der Waals surface area contributed by atoms with Gasteiger partial charge in [0.15, 0.2) is 5.65 Å². The van der Waals surface area contributed by atoms with E-state index in [9.17, 15) is 0 Å². The molecular weight excluding hydrogens is 622 g/mol. The molecule has 4 aromatic rings. The van der Waals surface area contributed by atoms with Gasteiger partial charge in [0, 0.05) is 9.13 Å². The number of nitrogens with zero attached hydrogens (tertiary/aromatic N) is 4. The molecule has 0 aliphatic carbocycles. The number of likely N-dealkylation sites (tertiary alicyclic amines) is 1. The van der Waals surface area contributed by atoms with Gasteiger partial charge < -0.3 is 0 Å².